The van der Waals surface area contributed by atoms with Gasteiger partial charge in [-0.1, -0.05) is 6.92 Å². The maximum Gasteiger partial charge on any atom is 0.394 e. The summed E-state index contributed by atoms with van der Waals surface area (Å²) in [7, 11) is 0. The molecule has 0 aliphatic heterocycles. The van der Waals surface area contributed by atoms with Crippen molar-refractivity contribution in [3.63, 3.8) is 0 Å². The van der Waals surface area contributed by atoms with Gasteiger partial charge in [-0.2, -0.15) is 0 Å². The van der Waals surface area contributed by atoms with Crippen LogP contribution in [0.3, 0.4) is 0 Å². The largest absolute Gasteiger partial charge is 0.474 e. The predicted octanol–water partition coefficient (Wildman–Crippen LogP) is -1.22. The molecule has 64 valence electrons. The third kappa shape index (κ3) is 4.32. The molecule has 5 heteroatoms. The Morgan fingerprint density at radius 1 is 1.64 bits per heavy atom. The van der Waals surface area contributed by atoms with Crippen molar-refractivity contribution in [2.45, 2.75) is 6.92 Å². The van der Waals surface area contributed by atoms with Crippen molar-refractivity contribution >= 4 is 11.9 Å². The first-order valence-electron chi connectivity index (χ1n) is 3.29. The van der Waals surface area contributed by atoms with Crippen molar-refractivity contribution in [1.82, 2.24) is 5.32 Å². The van der Waals surface area contributed by atoms with Crippen molar-refractivity contribution in [2.75, 3.05) is 13.1 Å². The number of carbonyl (C=O) groups excluding carboxylic acids is 1. The van der Waals surface area contributed by atoms with E-state index in [2.05, 4.69) is 5.32 Å². The van der Waals surface area contributed by atoms with Gasteiger partial charge >= 0.3 is 11.9 Å². The zero-order chi connectivity index (χ0) is 8.85. The summed E-state index contributed by atoms with van der Waals surface area (Å²) in [5, 5.41) is 10.3. The molecule has 0 spiro atoms. The van der Waals surface area contributed by atoms with E-state index in [1.54, 1.807) is 0 Å². The van der Waals surface area contributed by atoms with E-state index in [9.17, 15) is 9.59 Å². The topological polar surface area (TPSA) is 92.4 Å². The van der Waals surface area contributed by atoms with Gasteiger partial charge in [-0.15, -0.1) is 0 Å². The molecule has 0 radical (unpaired) electrons. The van der Waals surface area contributed by atoms with Crippen LogP contribution in [0.4, 0.5) is 0 Å². The number of aliphatic carboxylic acids is 1. The zero-order valence-corrected chi connectivity index (χ0v) is 6.33. The molecule has 0 fully saturated rings. The number of carbonyl (C=O) groups is 2. The summed E-state index contributed by atoms with van der Waals surface area (Å²) < 4.78 is 0. The fraction of sp³-hybridized carbons (Fsp3) is 0.667. The maximum absolute atomic E-state index is 10.4. The van der Waals surface area contributed by atoms with Gasteiger partial charge < -0.3 is 16.2 Å². The highest BCUT2D eigenvalue weighted by molar-refractivity contribution is 6.31. The summed E-state index contributed by atoms with van der Waals surface area (Å²) in [6.45, 7) is 2.56. The molecule has 1 atom stereocenters. The van der Waals surface area contributed by atoms with Crippen LogP contribution in [0.1, 0.15) is 6.92 Å². The Hall–Kier alpha value is -1.10. The fourth-order valence-corrected chi connectivity index (χ4v) is 0.426. The van der Waals surface area contributed by atoms with Crippen LogP contribution in [0.25, 0.3) is 0 Å². The molecule has 0 aliphatic carbocycles. The van der Waals surface area contributed by atoms with Crippen LogP contribution in [0.2, 0.25) is 0 Å². The van der Waals surface area contributed by atoms with Crippen molar-refractivity contribution in [2.24, 2.45) is 11.7 Å². The van der Waals surface area contributed by atoms with E-state index in [1.807, 2.05) is 6.92 Å². The van der Waals surface area contributed by atoms with Gasteiger partial charge in [0.25, 0.3) is 0 Å². The minimum atomic E-state index is -1.46. The Bertz CT molecular complexity index is 158. The van der Waals surface area contributed by atoms with Gasteiger partial charge in [-0.05, 0) is 12.5 Å². The lowest BCUT2D eigenvalue weighted by atomic mass is 10.2. The summed E-state index contributed by atoms with van der Waals surface area (Å²) >= 11 is 0. The van der Waals surface area contributed by atoms with E-state index < -0.39 is 11.9 Å². The van der Waals surface area contributed by atoms with Crippen LogP contribution in [-0.4, -0.2) is 30.1 Å². The standard InChI is InChI=1S/C6H12N2O3/c1-4(2-7)3-8-5(9)6(10)11/h4H,2-3,7H2,1H3,(H,8,9)(H,10,11). The Morgan fingerprint density at radius 2 is 2.18 bits per heavy atom. The molecule has 0 bridgehead atoms. The average molecular weight is 160 g/mol. The smallest absolute Gasteiger partial charge is 0.394 e. The highest BCUT2D eigenvalue weighted by atomic mass is 16.4. The van der Waals surface area contributed by atoms with Crippen molar-refractivity contribution in [3.05, 3.63) is 0 Å². The monoisotopic (exact) mass is 160 g/mol. The number of nitrogens with two attached hydrogens (primary N) is 1. The first kappa shape index (κ1) is 9.90. The minimum absolute atomic E-state index is 0.110. The third-order valence-corrected chi connectivity index (χ3v) is 1.21. The number of hydrogen-bond donors (Lipinski definition) is 3. The second-order valence-electron chi connectivity index (χ2n) is 2.36. The predicted molar refractivity (Wildman–Crippen MR) is 38.9 cm³/mol. The van der Waals surface area contributed by atoms with Crippen LogP contribution in [-0.2, 0) is 9.59 Å². The highest BCUT2D eigenvalue weighted by Gasteiger charge is 2.10. The highest BCUT2D eigenvalue weighted by Crippen LogP contribution is 1.86. The summed E-state index contributed by atoms with van der Waals surface area (Å²) in [6, 6.07) is 0. The summed E-state index contributed by atoms with van der Waals surface area (Å²) in [4.78, 5) is 20.4. The molecule has 1 unspecified atom stereocenters. The number of carboxylic acids is 1. The average Bonchev–Trinajstić information content (AvgIpc) is 1.99. The first-order chi connectivity index (χ1) is 5.07. The SMILES string of the molecule is CC(CN)CNC(=O)C(=O)O. The van der Waals surface area contributed by atoms with Gasteiger partial charge in [0, 0.05) is 6.54 Å². The Kier molecular flexibility index (Phi) is 4.21. The van der Waals surface area contributed by atoms with E-state index in [0.29, 0.717) is 13.1 Å². The molecule has 0 aromatic heterocycles. The van der Waals surface area contributed by atoms with E-state index in [0.717, 1.165) is 0 Å². The normalized spacial score (nSPS) is 12.2. The molecule has 0 saturated heterocycles. The van der Waals surface area contributed by atoms with Gasteiger partial charge in [-0.3, -0.25) is 4.79 Å². The Morgan fingerprint density at radius 3 is 2.55 bits per heavy atom. The number of rotatable bonds is 3. The first-order valence-corrected chi connectivity index (χ1v) is 3.29. The molecule has 4 N–H and O–H groups in total. The quantitative estimate of drug-likeness (QED) is 0.451. The zero-order valence-electron chi connectivity index (χ0n) is 6.33. The second-order valence-corrected chi connectivity index (χ2v) is 2.36. The second kappa shape index (κ2) is 4.68. The number of hydrogen-bond acceptors (Lipinski definition) is 3. The molecule has 11 heavy (non-hydrogen) atoms. The molecular weight excluding hydrogens is 148 g/mol. The van der Waals surface area contributed by atoms with Crippen LogP contribution in [0.5, 0.6) is 0 Å². The Balaban J connectivity index is 3.54. The summed E-state index contributed by atoms with van der Waals surface area (Å²) in [6.07, 6.45) is 0. The van der Waals surface area contributed by atoms with Gasteiger partial charge in [0.05, 0.1) is 0 Å². The molecule has 0 saturated carbocycles. The van der Waals surface area contributed by atoms with Crippen molar-refractivity contribution in [1.29, 1.82) is 0 Å². The van der Waals surface area contributed by atoms with Crippen molar-refractivity contribution < 1.29 is 14.7 Å². The Labute approximate surface area is 64.6 Å². The van der Waals surface area contributed by atoms with Gasteiger partial charge in [0.1, 0.15) is 0 Å². The van der Waals surface area contributed by atoms with Crippen LogP contribution < -0.4 is 11.1 Å². The van der Waals surface area contributed by atoms with Gasteiger partial charge in [0.15, 0.2) is 0 Å². The van der Waals surface area contributed by atoms with Crippen LogP contribution in [0, 0.1) is 5.92 Å². The molecule has 5 nitrogen and oxygen atoms in total. The van der Waals surface area contributed by atoms with Gasteiger partial charge in [0.2, 0.25) is 0 Å². The summed E-state index contributed by atoms with van der Waals surface area (Å²) in [5.74, 6) is -2.34. The molecule has 1 amide bonds. The van der Waals surface area contributed by atoms with E-state index in [1.165, 1.54) is 0 Å². The molecule has 0 heterocycles. The fourth-order valence-electron chi connectivity index (χ4n) is 0.426. The van der Waals surface area contributed by atoms with Gasteiger partial charge in [-0.25, -0.2) is 4.79 Å². The lowest BCUT2D eigenvalue weighted by Gasteiger charge is -2.07. The van der Waals surface area contributed by atoms with Crippen molar-refractivity contribution in [3.8, 4) is 0 Å². The lowest BCUT2D eigenvalue weighted by molar-refractivity contribution is -0.150. The van der Waals surface area contributed by atoms with E-state index >= 15 is 0 Å². The third-order valence-electron chi connectivity index (χ3n) is 1.21. The number of carboxylic acid groups (broad SMARTS) is 1. The molecule has 0 aromatic carbocycles. The minimum Gasteiger partial charge on any atom is -0.474 e. The lowest BCUT2D eigenvalue weighted by Crippen LogP contribution is -2.35. The molecule has 0 aliphatic rings. The number of amides is 1. The van der Waals surface area contributed by atoms with Crippen LogP contribution >= 0.6 is 0 Å². The maximum atomic E-state index is 10.4. The van der Waals surface area contributed by atoms with Crippen LogP contribution in [0.15, 0.2) is 0 Å². The molecule has 0 aromatic rings. The molecular formula is C6H12N2O3. The van der Waals surface area contributed by atoms with E-state index in [4.69, 9.17) is 10.8 Å². The summed E-state index contributed by atoms with van der Waals surface area (Å²) in [5.41, 5.74) is 5.24. The molecule has 0 rings (SSSR count). The number of nitrogens with one attached hydrogen (secondary N) is 1. The van der Waals surface area contributed by atoms with E-state index in [-0.39, 0.29) is 5.92 Å².